The van der Waals surface area contributed by atoms with Crippen LogP contribution in [0.25, 0.3) is 0 Å². The molecule has 1 atom stereocenters. The van der Waals surface area contributed by atoms with Crippen molar-refractivity contribution in [3.8, 4) is 0 Å². The second kappa shape index (κ2) is 6.99. The van der Waals surface area contributed by atoms with Crippen molar-refractivity contribution < 1.29 is 19.1 Å². The molecule has 1 N–H and O–H groups in total. The van der Waals surface area contributed by atoms with Crippen LogP contribution >= 0.6 is 11.6 Å². The molecule has 0 bridgehead atoms. The van der Waals surface area contributed by atoms with Crippen LogP contribution in [0.15, 0.2) is 59.3 Å². The average Bonchev–Trinajstić information content (AvgIpc) is 2.83. The molecule has 0 radical (unpaired) electrons. The van der Waals surface area contributed by atoms with Crippen molar-refractivity contribution in [1.29, 1.82) is 0 Å². The first-order valence-electron chi connectivity index (χ1n) is 7.66. The summed E-state index contributed by atoms with van der Waals surface area (Å²) >= 11 is 6.01. The van der Waals surface area contributed by atoms with Gasteiger partial charge in [-0.2, -0.15) is 0 Å². The molecule has 1 heterocycles. The number of hydrogen-bond acceptors (Lipinski definition) is 5. The average molecular weight is 358 g/mol. The summed E-state index contributed by atoms with van der Waals surface area (Å²) in [6.45, 7) is 3.85. The predicted octanol–water partition coefficient (Wildman–Crippen LogP) is 3.91. The first-order valence-corrected chi connectivity index (χ1v) is 8.04. The monoisotopic (exact) mass is 357 g/mol. The molecule has 3 rings (SSSR count). The van der Waals surface area contributed by atoms with E-state index in [-0.39, 0.29) is 10.7 Å². The van der Waals surface area contributed by atoms with Crippen molar-refractivity contribution in [2.24, 2.45) is 0 Å². The number of aryl methyl sites for hydroxylation is 2. The predicted molar refractivity (Wildman–Crippen MR) is 94.2 cm³/mol. The molecule has 6 heteroatoms. The van der Waals surface area contributed by atoms with Crippen LogP contribution in [0.3, 0.4) is 0 Å². The highest BCUT2D eigenvalue weighted by Crippen LogP contribution is 2.28. The Kier molecular flexibility index (Phi) is 4.76. The number of esters is 2. The number of cyclic esters (lactones) is 1. The van der Waals surface area contributed by atoms with Crippen LogP contribution in [-0.4, -0.2) is 18.2 Å². The summed E-state index contributed by atoms with van der Waals surface area (Å²) in [7, 11) is 0. The number of carbonyl (C=O) groups is 2. The molecule has 0 amide bonds. The molecule has 0 saturated heterocycles. The minimum absolute atomic E-state index is 0.136. The molecule has 5 nitrogen and oxygen atoms in total. The van der Waals surface area contributed by atoms with E-state index < -0.39 is 18.2 Å². The van der Waals surface area contributed by atoms with E-state index in [0.717, 1.165) is 11.1 Å². The lowest BCUT2D eigenvalue weighted by Crippen LogP contribution is -2.24. The second-order valence-corrected chi connectivity index (χ2v) is 6.11. The summed E-state index contributed by atoms with van der Waals surface area (Å²) in [4.78, 5) is 24.0. The van der Waals surface area contributed by atoms with Crippen LogP contribution in [0.1, 0.15) is 21.5 Å². The molecule has 1 aliphatic heterocycles. The Bertz CT molecular complexity index is 858. The zero-order valence-electron chi connectivity index (χ0n) is 13.7. The third-order valence-corrected chi connectivity index (χ3v) is 4.02. The summed E-state index contributed by atoms with van der Waals surface area (Å²) in [5, 5.41) is 2.87. The standard InChI is InChI=1S/C19H16ClNO4/c1-11-6-8-13(9-7-11)17(22)24-19-16(15(20)18(23)25-19)21-14-5-3-4-12(2)10-14/h3-10,19,21H,1-2H3. The van der Waals surface area contributed by atoms with Crippen molar-refractivity contribution in [1.82, 2.24) is 0 Å². The van der Waals surface area contributed by atoms with Crippen LogP contribution in [0.5, 0.6) is 0 Å². The Morgan fingerprint density at radius 1 is 1.12 bits per heavy atom. The van der Waals surface area contributed by atoms with E-state index in [1.54, 1.807) is 24.3 Å². The van der Waals surface area contributed by atoms with Gasteiger partial charge in [0, 0.05) is 5.69 Å². The van der Waals surface area contributed by atoms with Crippen molar-refractivity contribution in [3.63, 3.8) is 0 Å². The van der Waals surface area contributed by atoms with E-state index in [2.05, 4.69) is 5.32 Å². The Hall–Kier alpha value is -2.79. The molecule has 2 aromatic rings. The molecule has 25 heavy (non-hydrogen) atoms. The number of ether oxygens (including phenoxy) is 2. The van der Waals surface area contributed by atoms with E-state index in [9.17, 15) is 9.59 Å². The number of halogens is 1. The molecule has 2 aromatic carbocycles. The number of nitrogens with one attached hydrogen (secondary N) is 1. The zero-order valence-corrected chi connectivity index (χ0v) is 14.5. The van der Waals surface area contributed by atoms with E-state index in [1.807, 2.05) is 38.1 Å². The number of hydrogen-bond donors (Lipinski definition) is 1. The van der Waals surface area contributed by atoms with Gasteiger partial charge in [-0.25, -0.2) is 9.59 Å². The van der Waals surface area contributed by atoms with Gasteiger partial charge >= 0.3 is 11.9 Å². The second-order valence-electron chi connectivity index (χ2n) is 5.73. The van der Waals surface area contributed by atoms with E-state index in [1.165, 1.54) is 0 Å². The van der Waals surface area contributed by atoms with Gasteiger partial charge in [0.1, 0.15) is 5.70 Å². The first kappa shape index (κ1) is 17.0. The van der Waals surface area contributed by atoms with Crippen LogP contribution in [0.4, 0.5) is 5.69 Å². The van der Waals surface area contributed by atoms with Crippen LogP contribution in [0, 0.1) is 13.8 Å². The van der Waals surface area contributed by atoms with Crippen molar-refractivity contribution in [3.05, 3.63) is 76.0 Å². The quantitative estimate of drug-likeness (QED) is 0.840. The Morgan fingerprint density at radius 3 is 2.52 bits per heavy atom. The van der Waals surface area contributed by atoms with Crippen LogP contribution in [-0.2, 0) is 14.3 Å². The van der Waals surface area contributed by atoms with Gasteiger partial charge in [-0.15, -0.1) is 0 Å². The fraction of sp³-hybridized carbons (Fsp3) is 0.158. The van der Waals surface area contributed by atoms with Gasteiger partial charge in [0.25, 0.3) is 6.29 Å². The topological polar surface area (TPSA) is 64.6 Å². The van der Waals surface area contributed by atoms with Gasteiger partial charge < -0.3 is 14.8 Å². The molecular weight excluding hydrogens is 342 g/mol. The largest absolute Gasteiger partial charge is 0.415 e. The number of benzene rings is 2. The molecule has 1 unspecified atom stereocenters. The normalized spacial score (nSPS) is 16.6. The highest BCUT2D eigenvalue weighted by Gasteiger charge is 2.36. The number of rotatable bonds is 4. The maximum absolute atomic E-state index is 12.3. The van der Waals surface area contributed by atoms with Gasteiger partial charge in [0.2, 0.25) is 0 Å². The Labute approximate surface area is 150 Å². The summed E-state index contributed by atoms with van der Waals surface area (Å²) in [6, 6.07) is 14.4. The highest BCUT2D eigenvalue weighted by atomic mass is 35.5. The number of carbonyl (C=O) groups excluding carboxylic acids is 2. The van der Waals surface area contributed by atoms with Crippen molar-refractivity contribution in [2.45, 2.75) is 20.1 Å². The SMILES string of the molecule is Cc1ccc(C(=O)OC2OC(=O)C(Cl)=C2Nc2cccc(C)c2)cc1. The lowest BCUT2D eigenvalue weighted by atomic mass is 10.1. The third-order valence-electron chi connectivity index (χ3n) is 3.66. The summed E-state index contributed by atoms with van der Waals surface area (Å²) in [5.41, 5.74) is 3.33. The van der Waals surface area contributed by atoms with Gasteiger partial charge in [-0.1, -0.05) is 41.4 Å². The third kappa shape index (κ3) is 3.83. The Balaban J connectivity index is 1.79. The van der Waals surface area contributed by atoms with Crippen LogP contribution < -0.4 is 5.32 Å². The van der Waals surface area contributed by atoms with E-state index in [0.29, 0.717) is 11.3 Å². The van der Waals surface area contributed by atoms with Gasteiger partial charge in [-0.05, 0) is 43.7 Å². The van der Waals surface area contributed by atoms with E-state index in [4.69, 9.17) is 21.1 Å². The maximum Gasteiger partial charge on any atom is 0.355 e. The lowest BCUT2D eigenvalue weighted by Gasteiger charge is -2.16. The smallest absolute Gasteiger partial charge is 0.355 e. The van der Waals surface area contributed by atoms with Gasteiger partial charge in [0.15, 0.2) is 5.03 Å². The van der Waals surface area contributed by atoms with E-state index >= 15 is 0 Å². The molecule has 0 spiro atoms. The van der Waals surface area contributed by atoms with Crippen molar-refractivity contribution >= 4 is 29.2 Å². The number of anilines is 1. The zero-order chi connectivity index (χ0) is 18.0. The highest BCUT2D eigenvalue weighted by molar-refractivity contribution is 6.42. The molecule has 128 valence electrons. The lowest BCUT2D eigenvalue weighted by molar-refractivity contribution is -0.152. The minimum atomic E-state index is -1.21. The molecule has 0 aromatic heterocycles. The van der Waals surface area contributed by atoms with Gasteiger partial charge in [-0.3, -0.25) is 0 Å². The fourth-order valence-electron chi connectivity index (χ4n) is 2.35. The minimum Gasteiger partial charge on any atom is -0.415 e. The van der Waals surface area contributed by atoms with Crippen LogP contribution in [0.2, 0.25) is 0 Å². The summed E-state index contributed by atoms with van der Waals surface area (Å²) in [6.07, 6.45) is -1.21. The molecular formula is C19H16ClNO4. The molecule has 0 fully saturated rings. The fourth-order valence-corrected chi connectivity index (χ4v) is 2.53. The summed E-state index contributed by atoms with van der Waals surface area (Å²) in [5.74, 6) is -1.34. The molecule has 1 aliphatic rings. The first-order chi connectivity index (χ1) is 11.9. The van der Waals surface area contributed by atoms with Crippen molar-refractivity contribution in [2.75, 3.05) is 5.32 Å². The Morgan fingerprint density at radius 2 is 1.84 bits per heavy atom. The van der Waals surface area contributed by atoms with Gasteiger partial charge in [0.05, 0.1) is 5.56 Å². The molecule has 0 saturated carbocycles. The maximum atomic E-state index is 12.3. The molecule has 0 aliphatic carbocycles. The summed E-state index contributed by atoms with van der Waals surface area (Å²) < 4.78 is 10.4.